The normalized spacial score (nSPS) is 13.4. The van der Waals surface area contributed by atoms with E-state index in [9.17, 15) is 9.59 Å². The number of carbonyl (C=O) groups excluding carboxylic acids is 2. The van der Waals surface area contributed by atoms with Gasteiger partial charge in [0.25, 0.3) is 5.91 Å². The Morgan fingerprint density at radius 3 is 2.76 bits per heavy atom. The molecule has 0 aromatic carbocycles. The van der Waals surface area contributed by atoms with Crippen molar-refractivity contribution in [1.29, 1.82) is 0 Å². The molecule has 0 fully saturated rings. The fourth-order valence-electron chi connectivity index (χ4n) is 3.21. The molecule has 0 aliphatic carbocycles. The van der Waals surface area contributed by atoms with Gasteiger partial charge < -0.3 is 10.2 Å². The Bertz CT molecular complexity index is 769. The lowest BCUT2D eigenvalue weighted by Gasteiger charge is -2.27. The van der Waals surface area contributed by atoms with Crippen LogP contribution in [0.25, 0.3) is 0 Å². The van der Waals surface area contributed by atoms with E-state index in [2.05, 4.69) is 15.4 Å². The van der Waals surface area contributed by atoms with Crippen LogP contribution in [0.4, 0.5) is 0 Å². The SMILES string of the molecule is CCC(=O)N1CCc2c(c(CCNC(=O)c3ccncc3)nn2C)C1. The Balaban J connectivity index is 1.64. The van der Waals surface area contributed by atoms with Crippen molar-refractivity contribution in [3.8, 4) is 0 Å². The standard InChI is InChI=1S/C18H23N5O2/c1-3-17(24)23-11-7-16-14(12-23)15(21-22(16)2)6-10-20-18(25)13-4-8-19-9-5-13/h4-5,8-9H,3,6-7,10-12H2,1-2H3,(H,20,25). The zero-order chi connectivity index (χ0) is 17.8. The van der Waals surface area contributed by atoms with E-state index in [4.69, 9.17) is 0 Å². The third-order valence-corrected chi connectivity index (χ3v) is 4.57. The van der Waals surface area contributed by atoms with Crippen LogP contribution in [0.15, 0.2) is 24.5 Å². The highest BCUT2D eigenvalue weighted by Gasteiger charge is 2.25. The molecule has 7 nitrogen and oxygen atoms in total. The van der Waals surface area contributed by atoms with Gasteiger partial charge in [-0.25, -0.2) is 0 Å². The summed E-state index contributed by atoms with van der Waals surface area (Å²) in [6.45, 7) is 3.75. The summed E-state index contributed by atoms with van der Waals surface area (Å²) in [4.78, 5) is 29.9. The summed E-state index contributed by atoms with van der Waals surface area (Å²) >= 11 is 0. The molecule has 0 saturated heterocycles. The Hall–Kier alpha value is -2.70. The first-order chi connectivity index (χ1) is 12.1. The smallest absolute Gasteiger partial charge is 0.251 e. The number of nitrogens with one attached hydrogen (secondary N) is 1. The van der Waals surface area contributed by atoms with E-state index in [0.29, 0.717) is 31.5 Å². The summed E-state index contributed by atoms with van der Waals surface area (Å²) in [6.07, 6.45) is 5.20. The Labute approximate surface area is 147 Å². The number of aromatic nitrogens is 3. The maximum Gasteiger partial charge on any atom is 0.251 e. The summed E-state index contributed by atoms with van der Waals surface area (Å²) < 4.78 is 1.91. The summed E-state index contributed by atoms with van der Waals surface area (Å²) in [6, 6.07) is 3.37. The quantitative estimate of drug-likeness (QED) is 0.883. The molecule has 0 radical (unpaired) electrons. The van der Waals surface area contributed by atoms with E-state index >= 15 is 0 Å². The molecule has 0 bridgehead atoms. The first-order valence-electron chi connectivity index (χ1n) is 8.59. The van der Waals surface area contributed by atoms with E-state index in [-0.39, 0.29) is 11.8 Å². The largest absolute Gasteiger partial charge is 0.352 e. The van der Waals surface area contributed by atoms with Gasteiger partial charge in [0.05, 0.1) is 5.69 Å². The molecule has 3 heterocycles. The van der Waals surface area contributed by atoms with Gasteiger partial charge in [0.15, 0.2) is 0 Å². The van der Waals surface area contributed by atoms with Crippen LogP contribution in [0.2, 0.25) is 0 Å². The number of amides is 2. The molecular weight excluding hydrogens is 318 g/mol. The summed E-state index contributed by atoms with van der Waals surface area (Å²) in [5, 5.41) is 7.51. The summed E-state index contributed by atoms with van der Waals surface area (Å²) in [5.41, 5.74) is 3.88. The van der Waals surface area contributed by atoms with E-state index < -0.39 is 0 Å². The molecule has 2 amide bonds. The third-order valence-electron chi connectivity index (χ3n) is 4.57. The van der Waals surface area contributed by atoms with Gasteiger partial charge in [-0.1, -0.05) is 6.92 Å². The van der Waals surface area contributed by atoms with Crippen molar-refractivity contribution in [2.24, 2.45) is 7.05 Å². The number of aryl methyl sites for hydroxylation is 1. The topological polar surface area (TPSA) is 80.1 Å². The van der Waals surface area contributed by atoms with Crippen LogP contribution in [0.1, 0.15) is 40.7 Å². The van der Waals surface area contributed by atoms with Gasteiger partial charge in [0, 0.05) is 75.2 Å². The van der Waals surface area contributed by atoms with Crippen molar-refractivity contribution in [2.45, 2.75) is 32.7 Å². The Morgan fingerprint density at radius 1 is 1.28 bits per heavy atom. The van der Waals surface area contributed by atoms with E-state index in [1.807, 2.05) is 23.6 Å². The minimum absolute atomic E-state index is 0.116. The van der Waals surface area contributed by atoms with Gasteiger partial charge in [-0.05, 0) is 12.1 Å². The van der Waals surface area contributed by atoms with Crippen LogP contribution >= 0.6 is 0 Å². The van der Waals surface area contributed by atoms with Gasteiger partial charge >= 0.3 is 0 Å². The predicted octanol–water partition coefficient (Wildman–Crippen LogP) is 1.08. The average Bonchev–Trinajstić information content (AvgIpc) is 2.97. The number of carbonyl (C=O) groups is 2. The predicted molar refractivity (Wildman–Crippen MR) is 92.9 cm³/mol. The Morgan fingerprint density at radius 2 is 2.04 bits per heavy atom. The number of hydrogen-bond acceptors (Lipinski definition) is 4. The van der Waals surface area contributed by atoms with Gasteiger partial charge in [0.2, 0.25) is 5.91 Å². The first kappa shape index (κ1) is 17.1. The van der Waals surface area contributed by atoms with Crippen molar-refractivity contribution in [2.75, 3.05) is 13.1 Å². The molecular formula is C18H23N5O2. The number of nitrogens with zero attached hydrogens (tertiary/aromatic N) is 4. The zero-order valence-electron chi connectivity index (χ0n) is 14.7. The maximum atomic E-state index is 12.1. The van der Waals surface area contributed by atoms with E-state index in [1.165, 1.54) is 5.69 Å². The molecule has 0 saturated carbocycles. The highest BCUT2D eigenvalue weighted by molar-refractivity contribution is 5.93. The molecule has 0 unspecified atom stereocenters. The van der Waals surface area contributed by atoms with Gasteiger partial charge in [-0.15, -0.1) is 0 Å². The van der Waals surface area contributed by atoms with Crippen molar-refractivity contribution in [3.05, 3.63) is 47.0 Å². The average molecular weight is 341 g/mol. The molecule has 132 valence electrons. The lowest BCUT2D eigenvalue weighted by molar-refractivity contribution is -0.131. The van der Waals surface area contributed by atoms with Crippen LogP contribution in [-0.4, -0.2) is 44.6 Å². The Kier molecular flexibility index (Phi) is 5.11. The zero-order valence-corrected chi connectivity index (χ0v) is 14.7. The summed E-state index contributed by atoms with van der Waals surface area (Å²) in [5.74, 6) is 0.0569. The fraction of sp³-hybridized carbons (Fsp3) is 0.444. The second-order valence-electron chi connectivity index (χ2n) is 6.16. The van der Waals surface area contributed by atoms with Crippen molar-refractivity contribution >= 4 is 11.8 Å². The number of rotatable bonds is 5. The van der Waals surface area contributed by atoms with Gasteiger partial charge in [-0.3, -0.25) is 19.3 Å². The number of pyridine rings is 1. The molecule has 1 aliphatic heterocycles. The molecule has 0 atom stereocenters. The van der Waals surface area contributed by atoms with Crippen molar-refractivity contribution < 1.29 is 9.59 Å². The third kappa shape index (κ3) is 3.70. The lowest BCUT2D eigenvalue weighted by Crippen LogP contribution is -2.36. The maximum absolute atomic E-state index is 12.1. The van der Waals surface area contributed by atoms with Gasteiger partial charge in [0.1, 0.15) is 0 Å². The molecule has 2 aromatic rings. The van der Waals surface area contributed by atoms with Crippen LogP contribution < -0.4 is 5.32 Å². The van der Waals surface area contributed by atoms with Gasteiger partial charge in [-0.2, -0.15) is 5.10 Å². The second-order valence-corrected chi connectivity index (χ2v) is 6.16. The molecule has 25 heavy (non-hydrogen) atoms. The van der Waals surface area contributed by atoms with E-state index in [0.717, 1.165) is 24.2 Å². The fourth-order valence-corrected chi connectivity index (χ4v) is 3.21. The lowest BCUT2D eigenvalue weighted by atomic mass is 10.0. The molecule has 0 spiro atoms. The molecule has 1 aliphatic rings. The van der Waals surface area contributed by atoms with Crippen molar-refractivity contribution in [3.63, 3.8) is 0 Å². The number of fused-ring (bicyclic) bond motifs is 1. The highest BCUT2D eigenvalue weighted by atomic mass is 16.2. The molecule has 2 aromatic heterocycles. The second kappa shape index (κ2) is 7.46. The molecule has 7 heteroatoms. The monoisotopic (exact) mass is 341 g/mol. The minimum atomic E-state index is -0.116. The van der Waals surface area contributed by atoms with Crippen LogP contribution in [0.3, 0.4) is 0 Å². The molecule has 3 rings (SSSR count). The first-order valence-corrected chi connectivity index (χ1v) is 8.59. The minimum Gasteiger partial charge on any atom is -0.352 e. The van der Waals surface area contributed by atoms with Crippen LogP contribution in [0.5, 0.6) is 0 Å². The van der Waals surface area contributed by atoms with Crippen molar-refractivity contribution in [1.82, 2.24) is 25.0 Å². The van der Waals surface area contributed by atoms with E-state index in [1.54, 1.807) is 24.5 Å². The highest BCUT2D eigenvalue weighted by Crippen LogP contribution is 2.22. The van der Waals surface area contributed by atoms with Crippen LogP contribution in [-0.2, 0) is 31.2 Å². The number of hydrogen-bond donors (Lipinski definition) is 1. The molecule has 1 N–H and O–H groups in total. The van der Waals surface area contributed by atoms with Crippen LogP contribution in [0, 0.1) is 0 Å². The summed E-state index contributed by atoms with van der Waals surface area (Å²) in [7, 11) is 1.94.